The van der Waals surface area contributed by atoms with Crippen LogP contribution in [0.1, 0.15) is 27.2 Å². The quantitative estimate of drug-likeness (QED) is 0.187. The van der Waals surface area contributed by atoms with Crippen LogP contribution in [0.3, 0.4) is 0 Å². The van der Waals surface area contributed by atoms with Gasteiger partial charge in [0, 0.05) is 67.9 Å². The maximum absolute atomic E-state index is 15.0. The van der Waals surface area contributed by atoms with Gasteiger partial charge >= 0.3 is 0 Å². The Morgan fingerprint density at radius 1 is 0.824 bits per heavy atom. The number of pyridine rings is 2. The lowest BCUT2D eigenvalue weighted by molar-refractivity contribution is 0.0624. The number of ether oxygens (including phenoxy) is 1. The Hall–Kier alpha value is -6.08. The topological polar surface area (TPSA) is 116 Å². The molecular weight excluding hydrogens is 659 g/mol. The number of halogens is 3. The van der Waals surface area contributed by atoms with E-state index in [1.807, 2.05) is 24.3 Å². The van der Waals surface area contributed by atoms with Gasteiger partial charge in [-0.05, 0) is 59.7 Å². The molecule has 2 N–H and O–H groups in total. The Bertz CT molecular complexity index is 2310. The second-order valence-corrected chi connectivity index (χ2v) is 12.2. The van der Waals surface area contributed by atoms with Gasteiger partial charge in [-0.1, -0.05) is 24.3 Å². The normalized spacial score (nSPS) is 13.4. The second-order valence-electron chi connectivity index (χ2n) is 12.2. The van der Waals surface area contributed by atoms with Crippen molar-refractivity contribution in [2.75, 3.05) is 38.6 Å². The first-order valence-electron chi connectivity index (χ1n) is 16.2. The maximum atomic E-state index is 15.0. The molecule has 1 aliphatic rings. The molecule has 10 nitrogen and oxygen atoms in total. The first-order chi connectivity index (χ1) is 24.7. The standard InChI is InChI=1S/C38H32F3N7O3/c1-51-25-7-8-26(32(40)19-25)29-20-36(43-21-33(29)41)44-35-18-24(10-11-42-35)22-47-12-14-48(15-13-47)38(50)30-16-23(6-9-31(30)39)17-34-27-4-2-3-5-28(27)37(49)46-45-34/h2-11,16,18-21H,12-15,17,22H2,1H3,(H,46,49)(H,42,43,44). The predicted molar refractivity (Wildman–Crippen MR) is 186 cm³/mol. The molecule has 7 rings (SSSR count). The molecule has 51 heavy (non-hydrogen) atoms. The number of amides is 1. The summed E-state index contributed by atoms with van der Waals surface area (Å²) in [4.78, 5) is 38.0. The number of nitrogens with zero attached hydrogens (tertiary/aromatic N) is 5. The Labute approximate surface area is 290 Å². The summed E-state index contributed by atoms with van der Waals surface area (Å²) in [5.41, 5.74) is 2.09. The van der Waals surface area contributed by atoms with E-state index in [4.69, 9.17) is 4.74 Å². The molecule has 258 valence electrons. The zero-order chi connectivity index (χ0) is 35.5. The third kappa shape index (κ3) is 7.29. The third-order valence-corrected chi connectivity index (χ3v) is 8.88. The minimum absolute atomic E-state index is 0.00757. The van der Waals surface area contributed by atoms with Gasteiger partial charge in [-0.2, -0.15) is 5.10 Å². The summed E-state index contributed by atoms with van der Waals surface area (Å²) in [6.45, 7) is 2.54. The molecule has 0 aliphatic carbocycles. The highest BCUT2D eigenvalue weighted by atomic mass is 19.1. The van der Waals surface area contributed by atoms with Crippen molar-refractivity contribution in [2.24, 2.45) is 0 Å². The minimum Gasteiger partial charge on any atom is -0.497 e. The van der Waals surface area contributed by atoms with Gasteiger partial charge in [-0.15, -0.1) is 0 Å². The number of anilines is 2. The molecule has 1 saturated heterocycles. The lowest BCUT2D eigenvalue weighted by Gasteiger charge is -2.35. The van der Waals surface area contributed by atoms with Gasteiger partial charge < -0.3 is 15.0 Å². The van der Waals surface area contributed by atoms with Crippen molar-refractivity contribution in [2.45, 2.75) is 13.0 Å². The molecule has 0 unspecified atom stereocenters. The van der Waals surface area contributed by atoms with Crippen LogP contribution in [0, 0.1) is 17.5 Å². The molecule has 1 fully saturated rings. The number of methoxy groups -OCH3 is 1. The van der Waals surface area contributed by atoms with Crippen LogP contribution in [0.5, 0.6) is 5.75 Å². The van der Waals surface area contributed by atoms with Crippen LogP contribution < -0.4 is 15.6 Å². The van der Waals surface area contributed by atoms with Crippen molar-refractivity contribution in [3.05, 3.63) is 141 Å². The first kappa shape index (κ1) is 33.4. The molecule has 6 aromatic rings. The number of H-pyrrole nitrogens is 1. The lowest BCUT2D eigenvalue weighted by atomic mass is 10.0. The van der Waals surface area contributed by atoms with Crippen LogP contribution in [0.25, 0.3) is 21.9 Å². The van der Waals surface area contributed by atoms with E-state index in [1.165, 1.54) is 31.4 Å². The zero-order valence-electron chi connectivity index (χ0n) is 27.5. The van der Waals surface area contributed by atoms with E-state index in [1.54, 1.807) is 41.4 Å². The molecule has 3 aromatic heterocycles. The fourth-order valence-corrected chi connectivity index (χ4v) is 6.21. The molecule has 4 heterocycles. The molecule has 0 saturated carbocycles. The number of carbonyl (C=O) groups excluding carboxylic acids is 1. The third-order valence-electron chi connectivity index (χ3n) is 8.88. The monoisotopic (exact) mass is 691 g/mol. The number of hydrogen-bond donors (Lipinski definition) is 2. The minimum atomic E-state index is -0.670. The van der Waals surface area contributed by atoms with Gasteiger partial charge in [-0.25, -0.2) is 28.2 Å². The molecule has 3 aromatic carbocycles. The summed E-state index contributed by atoms with van der Waals surface area (Å²) in [6.07, 6.45) is 2.99. The summed E-state index contributed by atoms with van der Waals surface area (Å²) in [7, 11) is 1.43. The molecule has 0 radical (unpaired) electrons. The number of fused-ring (bicyclic) bond motifs is 1. The second kappa shape index (κ2) is 14.4. The van der Waals surface area contributed by atoms with Crippen molar-refractivity contribution in [3.8, 4) is 16.9 Å². The number of aromatic nitrogens is 4. The lowest BCUT2D eigenvalue weighted by Crippen LogP contribution is -2.48. The van der Waals surface area contributed by atoms with Gasteiger partial charge in [0.25, 0.3) is 11.5 Å². The summed E-state index contributed by atoms with van der Waals surface area (Å²) in [5, 5.41) is 11.0. The Morgan fingerprint density at radius 3 is 2.39 bits per heavy atom. The highest BCUT2D eigenvalue weighted by Gasteiger charge is 2.25. The van der Waals surface area contributed by atoms with Crippen LogP contribution in [-0.2, 0) is 13.0 Å². The molecule has 13 heteroatoms. The van der Waals surface area contributed by atoms with E-state index in [0.29, 0.717) is 72.7 Å². The van der Waals surface area contributed by atoms with E-state index in [0.717, 1.165) is 11.8 Å². The van der Waals surface area contributed by atoms with E-state index in [2.05, 4.69) is 30.4 Å². The Kier molecular flexibility index (Phi) is 9.45. The summed E-state index contributed by atoms with van der Waals surface area (Å²) in [6, 6.07) is 21.0. The van der Waals surface area contributed by atoms with Crippen molar-refractivity contribution in [1.29, 1.82) is 0 Å². The van der Waals surface area contributed by atoms with Crippen LogP contribution in [0.4, 0.5) is 24.8 Å². The number of aromatic amines is 1. The van der Waals surface area contributed by atoms with Gasteiger partial charge in [0.05, 0.1) is 30.0 Å². The van der Waals surface area contributed by atoms with Crippen LogP contribution >= 0.6 is 0 Å². The zero-order valence-corrected chi connectivity index (χ0v) is 27.5. The van der Waals surface area contributed by atoms with E-state index < -0.39 is 17.5 Å². The molecule has 0 bridgehead atoms. The number of hydrogen-bond acceptors (Lipinski definition) is 8. The maximum Gasteiger partial charge on any atom is 0.272 e. The number of carbonyl (C=O) groups is 1. The molecular formula is C38H32F3N7O3. The number of rotatable bonds is 9. The molecule has 0 spiro atoms. The van der Waals surface area contributed by atoms with Crippen molar-refractivity contribution in [3.63, 3.8) is 0 Å². The van der Waals surface area contributed by atoms with Crippen LogP contribution in [-0.4, -0.2) is 69.2 Å². The van der Waals surface area contributed by atoms with Gasteiger partial charge in [0.15, 0.2) is 0 Å². The van der Waals surface area contributed by atoms with Crippen LogP contribution in [0.2, 0.25) is 0 Å². The van der Waals surface area contributed by atoms with Gasteiger partial charge in [0.2, 0.25) is 0 Å². The molecule has 1 amide bonds. The average molecular weight is 692 g/mol. The number of benzene rings is 3. The van der Waals surface area contributed by atoms with Crippen molar-refractivity contribution < 1.29 is 22.7 Å². The van der Waals surface area contributed by atoms with E-state index in [-0.39, 0.29) is 34.0 Å². The fraction of sp³-hybridized carbons (Fsp3) is 0.184. The van der Waals surface area contributed by atoms with Crippen molar-refractivity contribution in [1.82, 2.24) is 30.0 Å². The van der Waals surface area contributed by atoms with E-state index >= 15 is 0 Å². The Morgan fingerprint density at radius 2 is 1.61 bits per heavy atom. The molecule has 0 atom stereocenters. The summed E-state index contributed by atoms with van der Waals surface area (Å²) in [5.74, 6) is -1.19. The van der Waals surface area contributed by atoms with Gasteiger partial charge in [0.1, 0.15) is 34.8 Å². The summed E-state index contributed by atoms with van der Waals surface area (Å²) < 4.78 is 49.4. The Balaban J connectivity index is 0.982. The first-order valence-corrected chi connectivity index (χ1v) is 16.2. The molecule has 1 aliphatic heterocycles. The highest BCUT2D eigenvalue weighted by Crippen LogP contribution is 2.30. The highest BCUT2D eigenvalue weighted by molar-refractivity contribution is 5.95. The SMILES string of the molecule is COc1ccc(-c2cc(Nc3cc(CN4CCN(C(=O)c5cc(Cc6n[nH]c(=O)c7ccccc67)ccc5F)CC4)ccn3)ncc2F)c(F)c1. The van der Waals surface area contributed by atoms with Crippen LogP contribution in [0.15, 0.2) is 96.1 Å². The average Bonchev–Trinajstić information content (AvgIpc) is 3.14. The number of piperazine rings is 1. The smallest absolute Gasteiger partial charge is 0.272 e. The fourth-order valence-electron chi connectivity index (χ4n) is 6.21. The van der Waals surface area contributed by atoms with E-state index in [9.17, 15) is 22.8 Å². The predicted octanol–water partition coefficient (Wildman–Crippen LogP) is 6.10. The number of nitrogens with one attached hydrogen (secondary N) is 2. The summed E-state index contributed by atoms with van der Waals surface area (Å²) >= 11 is 0. The van der Waals surface area contributed by atoms with Crippen molar-refractivity contribution >= 4 is 28.3 Å². The van der Waals surface area contributed by atoms with Gasteiger partial charge in [-0.3, -0.25) is 14.5 Å². The largest absolute Gasteiger partial charge is 0.497 e.